The standard InChI is InChI=1S/C40H50NOP/c1-11-40(10,43-37-28(2)19-18-24-33(37)29(3)41-32-22-16-13-17-23-32)35-26-31(38(4,5)6)25-34(39(7,8)9)36(35)42-27-30-20-14-12-15-21-30/h12-26,43H,11,27H2,1-10H3/b41-29+. The Hall–Kier alpha value is -3.22. The zero-order chi connectivity index (χ0) is 31.4. The first-order valence-electron chi connectivity index (χ1n) is 15.6. The van der Waals surface area contributed by atoms with E-state index in [9.17, 15) is 0 Å². The summed E-state index contributed by atoms with van der Waals surface area (Å²) in [6.07, 6.45) is 0.993. The lowest BCUT2D eigenvalue weighted by Gasteiger charge is -2.37. The maximum Gasteiger partial charge on any atom is 0.127 e. The van der Waals surface area contributed by atoms with Crippen LogP contribution >= 0.6 is 8.58 Å². The van der Waals surface area contributed by atoms with E-state index in [2.05, 4.69) is 142 Å². The van der Waals surface area contributed by atoms with Crippen molar-refractivity contribution in [2.45, 2.75) is 98.3 Å². The van der Waals surface area contributed by atoms with Crippen LogP contribution in [0, 0.1) is 6.92 Å². The molecule has 0 aliphatic carbocycles. The molecule has 0 bridgehead atoms. The van der Waals surface area contributed by atoms with Crippen molar-refractivity contribution in [1.29, 1.82) is 0 Å². The Balaban J connectivity index is 1.90. The fraction of sp³-hybridized carbons (Fsp3) is 0.375. The highest BCUT2D eigenvalue weighted by Crippen LogP contribution is 2.52. The third kappa shape index (κ3) is 7.84. The van der Waals surface area contributed by atoms with Crippen molar-refractivity contribution in [3.05, 3.63) is 124 Å². The lowest BCUT2D eigenvalue weighted by molar-refractivity contribution is 0.290. The van der Waals surface area contributed by atoms with Crippen LogP contribution in [0.3, 0.4) is 0 Å². The fourth-order valence-corrected chi connectivity index (χ4v) is 7.16. The minimum Gasteiger partial charge on any atom is -0.488 e. The SMILES string of the molecule is CCC(C)(Pc1c(C)cccc1/C(C)=N/c1ccccc1)c1cc(C(C)(C)C)cc(C(C)(C)C)c1OCc1ccccc1. The maximum atomic E-state index is 6.90. The van der Waals surface area contributed by atoms with E-state index in [0.717, 1.165) is 23.6 Å². The molecular formula is C40H50NOP. The van der Waals surface area contributed by atoms with E-state index in [4.69, 9.17) is 9.73 Å². The first-order chi connectivity index (χ1) is 20.2. The van der Waals surface area contributed by atoms with E-state index in [0.29, 0.717) is 15.2 Å². The monoisotopic (exact) mass is 591 g/mol. The van der Waals surface area contributed by atoms with Gasteiger partial charge in [0.1, 0.15) is 12.4 Å². The Morgan fingerprint density at radius 2 is 1.35 bits per heavy atom. The molecule has 0 radical (unpaired) electrons. The van der Waals surface area contributed by atoms with E-state index >= 15 is 0 Å². The van der Waals surface area contributed by atoms with Gasteiger partial charge in [0.2, 0.25) is 0 Å². The number of para-hydroxylation sites is 1. The summed E-state index contributed by atoms with van der Waals surface area (Å²) in [5, 5.41) is 1.25. The summed E-state index contributed by atoms with van der Waals surface area (Å²) in [5.74, 6) is 1.05. The smallest absolute Gasteiger partial charge is 0.127 e. The average molecular weight is 592 g/mol. The van der Waals surface area contributed by atoms with Gasteiger partial charge in [0.15, 0.2) is 0 Å². The van der Waals surface area contributed by atoms with Crippen molar-refractivity contribution in [3.8, 4) is 5.75 Å². The highest BCUT2D eigenvalue weighted by atomic mass is 31.1. The molecule has 4 rings (SSSR count). The van der Waals surface area contributed by atoms with Crippen LogP contribution in [0.5, 0.6) is 5.75 Å². The summed E-state index contributed by atoms with van der Waals surface area (Å²) in [4.78, 5) is 5.03. The minimum absolute atomic E-state index is 0.0111. The number of hydrogen-bond acceptors (Lipinski definition) is 2. The first kappa shape index (κ1) is 32.7. The summed E-state index contributed by atoms with van der Waals surface area (Å²) >= 11 is 0. The molecule has 2 nitrogen and oxygen atoms in total. The second kappa shape index (κ2) is 13.2. The van der Waals surface area contributed by atoms with Gasteiger partial charge in [-0.25, -0.2) is 0 Å². The molecule has 4 aromatic rings. The lowest BCUT2D eigenvalue weighted by atomic mass is 9.77. The van der Waals surface area contributed by atoms with Gasteiger partial charge in [-0.05, 0) is 65.2 Å². The Labute approximate surface area is 262 Å². The number of hydrogen-bond donors (Lipinski definition) is 0. The highest BCUT2D eigenvalue weighted by Gasteiger charge is 2.35. The van der Waals surface area contributed by atoms with Crippen LogP contribution in [0.4, 0.5) is 5.69 Å². The van der Waals surface area contributed by atoms with Crippen molar-refractivity contribution in [2.75, 3.05) is 0 Å². The topological polar surface area (TPSA) is 21.6 Å². The molecule has 0 saturated heterocycles. The molecule has 0 N–H and O–H groups in total. The van der Waals surface area contributed by atoms with Gasteiger partial charge < -0.3 is 4.74 Å². The molecule has 4 aromatic carbocycles. The Morgan fingerprint density at radius 3 is 1.93 bits per heavy atom. The number of benzene rings is 4. The third-order valence-corrected chi connectivity index (χ3v) is 10.5. The van der Waals surface area contributed by atoms with Gasteiger partial charge >= 0.3 is 0 Å². The lowest BCUT2D eigenvalue weighted by Crippen LogP contribution is -2.26. The van der Waals surface area contributed by atoms with Crippen LogP contribution in [0.15, 0.2) is 96.0 Å². The fourth-order valence-electron chi connectivity index (χ4n) is 5.43. The van der Waals surface area contributed by atoms with Gasteiger partial charge in [-0.1, -0.05) is 143 Å². The predicted molar refractivity (Wildman–Crippen MR) is 190 cm³/mol. The molecule has 0 saturated carbocycles. The Morgan fingerprint density at radius 1 is 0.744 bits per heavy atom. The second-order valence-corrected chi connectivity index (χ2v) is 15.9. The van der Waals surface area contributed by atoms with Gasteiger partial charge in [0, 0.05) is 27.6 Å². The molecule has 3 heteroatoms. The van der Waals surface area contributed by atoms with Gasteiger partial charge in [0.05, 0.1) is 5.69 Å². The summed E-state index contributed by atoms with van der Waals surface area (Å²) in [6, 6.07) is 32.3. The largest absolute Gasteiger partial charge is 0.488 e. The molecule has 0 spiro atoms. The number of nitrogens with zero attached hydrogens (tertiary/aromatic N) is 1. The van der Waals surface area contributed by atoms with Crippen molar-refractivity contribution >= 4 is 25.3 Å². The molecule has 2 atom stereocenters. The molecule has 0 aliphatic heterocycles. The third-order valence-electron chi connectivity index (χ3n) is 8.41. The Bertz CT molecular complexity index is 1560. The summed E-state index contributed by atoms with van der Waals surface area (Å²) < 4.78 is 6.90. The average Bonchev–Trinajstić information content (AvgIpc) is 2.96. The van der Waals surface area contributed by atoms with Crippen LogP contribution in [0.25, 0.3) is 0 Å². The summed E-state index contributed by atoms with van der Waals surface area (Å²) in [7, 11) is 0.543. The number of ether oxygens (including phenoxy) is 1. The van der Waals surface area contributed by atoms with Crippen LogP contribution < -0.4 is 10.0 Å². The number of aliphatic imine (C=N–C) groups is 1. The van der Waals surface area contributed by atoms with E-state index in [1.54, 1.807) is 0 Å². The second-order valence-electron chi connectivity index (χ2n) is 14.0. The molecule has 0 fully saturated rings. The Kier molecular flexibility index (Phi) is 10.0. The van der Waals surface area contributed by atoms with Gasteiger partial charge in [-0.3, -0.25) is 4.99 Å². The molecule has 0 aromatic heterocycles. The highest BCUT2D eigenvalue weighted by molar-refractivity contribution is 7.49. The normalized spacial score (nSPS) is 14.2. The van der Waals surface area contributed by atoms with Gasteiger partial charge in [-0.2, -0.15) is 0 Å². The summed E-state index contributed by atoms with van der Waals surface area (Å²) in [6.45, 7) is 23.6. The zero-order valence-electron chi connectivity index (χ0n) is 27.9. The minimum atomic E-state index is -0.138. The number of rotatable bonds is 9. The van der Waals surface area contributed by atoms with E-state index in [1.165, 1.54) is 38.7 Å². The van der Waals surface area contributed by atoms with Crippen LogP contribution in [0.2, 0.25) is 0 Å². The zero-order valence-corrected chi connectivity index (χ0v) is 28.9. The molecule has 226 valence electrons. The van der Waals surface area contributed by atoms with Crippen molar-refractivity contribution in [3.63, 3.8) is 0 Å². The van der Waals surface area contributed by atoms with E-state index < -0.39 is 0 Å². The first-order valence-corrected chi connectivity index (χ1v) is 16.6. The predicted octanol–water partition coefficient (Wildman–Crippen LogP) is 10.9. The maximum absolute atomic E-state index is 6.90. The van der Waals surface area contributed by atoms with E-state index in [1.807, 2.05) is 18.2 Å². The van der Waals surface area contributed by atoms with Crippen LogP contribution in [-0.2, 0) is 22.6 Å². The van der Waals surface area contributed by atoms with Crippen molar-refractivity contribution < 1.29 is 4.74 Å². The van der Waals surface area contributed by atoms with Gasteiger partial charge in [-0.15, -0.1) is 0 Å². The van der Waals surface area contributed by atoms with Gasteiger partial charge in [0.25, 0.3) is 0 Å². The molecule has 0 heterocycles. The quantitative estimate of drug-likeness (QED) is 0.140. The van der Waals surface area contributed by atoms with Crippen LogP contribution in [0.1, 0.15) is 102 Å². The molecule has 2 unspecified atom stereocenters. The van der Waals surface area contributed by atoms with E-state index in [-0.39, 0.29) is 16.0 Å². The molecule has 43 heavy (non-hydrogen) atoms. The molecular weight excluding hydrogens is 541 g/mol. The summed E-state index contributed by atoms with van der Waals surface area (Å²) in [5.41, 5.74) is 9.65. The van der Waals surface area contributed by atoms with Crippen LogP contribution in [-0.4, -0.2) is 5.71 Å². The number of aryl methyl sites for hydroxylation is 1. The molecule has 0 aliphatic rings. The molecule has 0 amide bonds. The van der Waals surface area contributed by atoms with Crippen molar-refractivity contribution in [1.82, 2.24) is 0 Å². The van der Waals surface area contributed by atoms with Crippen molar-refractivity contribution in [2.24, 2.45) is 4.99 Å².